The van der Waals surface area contributed by atoms with Crippen molar-refractivity contribution >= 4 is 17.9 Å². The van der Waals surface area contributed by atoms with Crippen molar-refractivity contribution in [3.8, 4) is 11.5 Å². The van der Waals surface area contributed by atoms with E-state index >= 15 is 0 Å². The highest BCUT2D eigenvalue weighted by Crippen LogP contribution is 2.29. The van der Waals surface area contributed by atoms with Gasteiger partial charge >= 0.3 is 17.9 Å². The lowest BCUT2D eigenvalue weighted by Crippen LogP contribution is -2.11. The van der Waals surface area contributed by atoms with Crippen LogP contribution in [0.15, 0.2) is 18.2 Å². The van der Waals surface area contributed by atoms with Crippen molar-refractivity contribution in [3.05, 3.63) is 23.8 Å². The van der Waals surface area contributed by atoms with E-state index in [-0.39, 0.29) is 30.8 Å². The van der Waals surface area contributed by atoms with Gasteiger partial charge in [0.15, 0.2) is 11.5 Å². The van der Waals surface area contributed by atoms with Gasteiger partial charge in [0.1, 0.15) is 0 Å². The Bertz CT molecular complexity index is 535. The third-order valence-electron chi connectivity index (χ3n) is 2.66. The summed E-state index contributed by atoms with van der Waals surface area (Å²) in [6.07, 6.45) is 0.645. The molecule has 0 heterocycles. The van der Waals surface area contributed by atoms with E-state index < -0.39 is 17.9 Å². The van der Waals surface area contributed by atoms with E-state index in [0.717, 1.165) is 0 Å². The molecule has 1 aromatic rings. The topological polar surface area (TPSA) is 89.9 Å². The van der Waals surface area contributed by atoms with Crippen molar-refractivity contribution in [2.24, 2.45) is 0 Å². The van der Waals surface area contributed by atoms with Crippen LogP contribution in [0.4, 0.5) is 0 Å². The molecule has 6 nitrogen and oxygen atoms in total. The molecule has 0 aliphatic carbocycles. The number of ether oxygens (including phenoxy) is 2. The number of carboxylic acid groups (broad SMARTS) is 1. The normalized spacial score (nSPS) is 10.0. The van der Waals surface area contributed by atoms with Gasteiger partial charge in [-0.05, 0) is 24.1 Å². The summed E-state index contributed by atoms with van der Waals surface area (Å²) in [5.41, 5.74) is 0.688. The number of hydrogen-bond donors (Lipinski definition) is 1. The Morgan fingerprint density at radius 3 is 2.10 bits per heavy atom. The van der Waals surface area contributed by atoms with E-state index in [1.165, 1.54) is 12.1 Å². The van der Waals surface area contributed by atoms with Gasteiger partial charge in [-0.2, -0.15) is 0 Å². The number of hydrogen-bond acceptors (Lipinski definition) is 5. The highest BCUT2D eigenvalue weighted by molar-refractivity contribution is 5.76. The minimum Gasteiger partial charge on any atom is -0.481 e. The van der Waals surface area contributed by atoms with Gasteiger partial charge in [-0.1, -0.05) is 19.9 Å². The predicted molar refractivity (Wildman–Crippen MR) is 74.3 cm³/mol. The quantitative estimate of drug-likeness (QED) is 0.613. The van der Waals surface area contributed by atoms with Crippen LogP contribution in [0.1, 0.15) is 38.7 Å². The second kappa shape index (κ2) is 8.04. The van der Waals surface area contributed by atoms with Gasteiger partial charge in [-0.25, -0.2) is 0 Å². The Morgan fingerprint density at radius 1 is 1.00 bits per heavy atom. The molecule has 1 aromatic carbocycles. The second-order valence-electron chi connectivity index (χ2n) is 4.33. The van der Waals surface area contributed by atoms with Gasteiger partial charge in [0.05, 0.1) is 0 Å². The van der Waals surface area contributed by atoms with Crippen LogP contribution in [0, 0.1) is 0 Å². The maximum atomic E-state index is 11.4. The molecule has 0 bridgehead atoms. The Kier molecular flexibility index (Phi) is 6.39. The van der Waals surface area contributed by atoms with Crippen LogP contribution in [0.3, 0.4) is 0 Å². The van der Waals surface area contributed by atoms with Gasteiger partial charge < -0.3 is 14.6 Å². The van der Waals surface area contributed by atoms with Crippen LogP contribution in [0.2, 0.25) is 0 Å². The van der Waals surface area contributed by atoms with E-state index in [2.05, 4.69) is 0 Å². The Labute approximate surface area is 122 Å². The number of carbonyl (C=O) groups is 3. The molecule has 0 spiro atoms. The zero-order valence-corrected chi connectivity index (χ0v) is 12.0. The van der Waals surface area contributed by atoms with E-state index in [9.17, 15) is 14.4 Å². The van der Waals surface area contributed by atoms with Gasteiger partial charge in [0.25, 0.3) is 0 Å². The Morgan fingerprint density at radius 2 is 1.57 bits per heavy atom. The molecule has 1 N–H and O–H groups in total. The summed E-state index contributed by atoms with van der Waals surface area (Å²) in [6, 6.07) is 4.67. The summed E-state index contributed by atoms with van der Waals surface area (Å²) in [4.78, 5) is 33.3. The minimum absolute atomic E-state index is 0.0325. The number of rotatable bonds is 7. The summed E-state index contributed by atoms with van der Waals surface area (Å²) in [7, 11) is 0. The van der Waals surface area contributed by atoms with Gasteiger partial charge in [-0.3, -0.25) is 14.4 Å². The molecule has 0 saturated carbocycles. The fourth-order valence-electron chi connectivity index (χ4n) is 1.51. The van der Waals surface area contributed by atoms with E-state index in [1.807, 2.05) is 0 Å². The largest absolute Gasteiger partial charge is 0.481 e. The molecule has 0 radical (unpaired) electrons. The monoisotopic (exact) mass is 294 g/mol. The van der Waals surface area contributed by atoms with Crippen molar-refractivity contribution in [1.29, 1.82) is 0 Å². The number of carbonyl (C=O) groups excluding carboxylic acids is 2. The summed E-state index contributed by atoms with van der Waals surface area (Å²) in [6.45, 7) is 3.30. The minimum atomic E-state index is -0.913. The molecule has 1 rings (SSSR count). The maximum absolute atomic E-state index is 11.4. The molecular formula is C15H18O6. The van der Waals surface area contributed by atoms with E-state index in [0.29, 0.717) is 12.0 Å². The first-order chi connectivity index (χ1) is 9.96. The van der Waals surface area contributed by atoms with E-state index in [4.69, 9.17) is 14.6 Å². The van der Waals surface area contributed by atoms with Crippen molar-refractivity contribution < 1.29 is 29.0 Å². The van der Waals surface area contributed by atoms with Gasteiger partial charge in [0.2, 0.25) is 0 Å². The average molecular weight is 294 g/mol. The number of esters is 2. The van der Waals surface area contributed by atoms with Crippen molar-refractivity contribution in [1.82, 2.24) is 0 Å². The lowest BCUT2D eigenvalue weighted by Gasteiger charge is -2.11. The molecular weight excluding hydrogens is 276 g/mol. The number of benzene rings is 1. The van der Waals surface area contributed by atoms with Crippen LogP contribution in [0.5, 0.6) is 11.5 Å². The molecule has 0 saturated heterocycles. The van der Waals surface area contributed by atoms with Crippen molar-refractivity contribution in [3.63, 3.8) is 0 Å². The summed E-state index contributed by atoms with van der Waals surface area (Å²) in [5, 5.41) is 8.68. The Balaban J connectivity index is 2.98. The second-order valence-corrected chi connectivity index (χ2v) is 4.33. The van der Waals surface area contributed by atoms with Crippen LogP contribution < -0.4 is 9.47 Å². The molecule has 6 heteroatoms. The van der Waals surface area contributed by atoms with Crippen LogP contribution in [0.25, 0.3) is 0 Å². The number of carboxylic acids is 1. The zero-order valence-electron chi connectivity index (χ0n) is 12.0. The zero-order chi connectivity index (χ0) is 15.8. The fraction of sp³-hybridized carbons (Fsp3) is 0.400. The molecule has 0 aromatic heterocycles. The lowest BCUT2D eigenvalue weighted by molar-refractivity contribution is -0.137. The van der Waals surface area contributed by atoms with Crippen LogP contribution >= 0.6 is 0 Å². The summed E-state index contributed by atoms with van der Waals surface area (Å²) >= 11 is 0. The maximum Gasteiger partial charge on any atom is 0.311 e. The smallest absolute Gasteiger partial charge is 0.311 e. The molecule has 0 unspecified atom stereocenters. The van der Waals surface area contributed by atoms with Crippen molar-refractivity contribution in [2.45, 2.75) is 39.5 Å². The summed E-state index contributed by atoms with van der Waals surface area (Å²) < 4.78 is 10.2. The predicted octanol–water partition coefficient (Wildman–Crippen LogP) is 2.33. The highest BCUT2D eigenvalue weighted by Gasteiger charge is 2.13. The molecule has 21 heavy (non-hydrogen) atoms. The summed E-state index contributed by atoms with van der Waals surface area (Å²) in [5.74, 6) is -1.53. The lowest BCUT2D eigenvalue weighted by atomic mass is 10.1. The number of aryl methyl sites for hydroxylation is 1. The van der Waals surface area contributed by atoms with E-state index in [1.54, 1.807) is 19.9 Å². The molecule has 0 amide bonds. The third kappa shape index (κ3) is 5.64. The van der Waals surface area contributed by atoms with Gasteiger partial charge in [-0.15, -0.1) is 0 Å². The molecule has 0 aliphatic heterocycles. The Hall–Kier alpha value is -2.37. The first-order valence-electron chi connectivity index (χ1n) is 6.72. The molecule has 0 aliphatic rings. The fourth-order valence-corrected chi connectivity index (χ4v) is 1.51. The first-order valence-corrected chi connectivity index (χ1v) is 6.72. The molecule has 0 atom stereocenters. The SMILES string of the molecule is CCC(=O)Oc1ccc(CCC(=O)O)cc1OC(=O)CC. The van der Waals surface area contributed by atoms with Gasteiger partial charge in [0, 0.05) is 19.3 Å². The average Bonchev–Trinajstić information content (AvgIpc) is 2.46. The van der Waals surface area contributed by atoms with Crippen molar-refractivity contribution in [2.75, 3.05) is 0 Å². The highest BCUT2D eigenvalue weighted by atomic mass is 16.6. The first kappa shape index (κ1) is 16.7. The van der Waals surface area contributed by atoms with Crippen LogP contribution in [-0.2, 0) is 20.8 Å². The third-order valence-corrected chi connectivity index (χ3v) is 2.66. The van der Waals surface area contributed by atoms with Crippen LogP contribution in [-0.4, -0.2) is 23.0 Å². The standard InChI is InChI=1S/C15H18O6/c1-3-14(18)20-11-7-5-10(6-8-13(16)17)9-12(11)21-15(19)4-2/h5,7,9H,3-4,6,8H2,1-2H3,(H,16,17). The molecule has 114 valence electrons. The molecule has 0 fully saturated rings. The number of aliphatic carboxylic acids is 1.